The number of amides is 1. The molecule has 4 heterocycles. The van der Waals surface area contributed by atoms with Crippen LogP contribution in [0.2, 0.25) is 0 Å². The number of rotatable bonds is 4. The molecule has 8 heteroatoms. The number of nitrogens with zero attached hydrogens (tertiary/aromatic N) is 3. The van der Waals surface area contributed by atoms with Crippen molar-refractivity contribution in [3.63, 3.8) is 0 Å². The molecule has 1 atom stereocenters. The van der Waals surface area contributed by atoms with Crippen LogP contribution in [0.3, 0.4) is 0 Å². The molecule has 0 aromatic carbocycles. The Morgan fingerprint density at radius 2 is 2.16 bits per heavy atom. The SMILES string of the molecule is NC(=O)c1cnc(N[C@H]2CCCNC2)c2cc(-c3ncccn3)sc12. The molecule has 1 aliphatic rings. The van der Waals surface area contributed by atoms with Crippen molar-refractivity contribution in [3.05, 3.63) is 36.3 Å². The second-order valence-corrected chi connectivity index (χ2v) is 7.05. The molecule has 128 valence electrons. The maximum Gasteiger partial charge on any atom is 0.251 e. The predicted molar refractivity (Wildman–Crippen MR) is 98.7 cm³/mol. The van der Waals surface area contributed by atoms with Gasteiger partial charge in [-0.05, 0) is 31.5 Å². The Morgan fingerprint density at radius 3 is 2.88 bits per heavy atom. The third kappa shape index (κ3) is 3.18. The number of thiophene rings is 1. The number of piperidine rings is 1. The van der Waals surface area contributed by atoms with E-state index in [1.54, 1.807) is 24.7 Å². The van der Waals surface area contributed by atoms with Gasteiger partial charge in [0.2, 0.25) is 0 Å². The minimum atomic E-state index is -0.481. The van der Waals surface area contributed by atoms with Gasteiger partial charge >= 0.3 is 0 Å². The first-order chi connectivity index (χ1) is 12.2. The van der Waals surface area contributed by atoms with Crippen LogP contribution in [0.25, 0.3) is 20.8 Å². The number of carbonyl (C=O) groups is 1. The molecule has 0 bridgehead atoms. The average molecular weight is 354 g/mol. The van der Waals surface area contributed by atoms with Crippen LogP contribution in [0.1, 0.15) is 23.2 Å². The number of hydrogen-bond donors (Lipinski definition) is 3. The Morgan fingerprint density at radius 1 is 1.32 bits per heavy atom. The van der Waals surface area contributed by atoms with Crippen LogP contribution in [0.4, 0.5) is 5.82 Å². The lowest BCUT2D eigenvalue weighted by molar-refractivity contribution is 0.100. The molecule has 1 fully saturated rings. The number of hydrogen-bond acceptors (Lipinski definition) is 7. The minimum absolute atomic E-state index is 0.320. The van der Waals surface area contributed by atoms with Gasteiger partial charge in [0.15, 0.2) is 5.82 Å². The Kier molecular flexibility index (Phi) is 4.29. The van der Waals surface area contributed by atoms with Crippen molar-refractivity contribution in [1.82, 2.24) is 20.3 Å². The van der Waals surface area contributed by atoms with Gasteiger partial charge in [0, 0.05) is 36.6 Å². The molecule has 4 N–H and O–H groups in total. The summed E-state index contributed by atoms with van der Waals surface area (Å²) in [4.78, 5) is 25.7. The zero-order chi connectivity index (χ0) is 17.2. The quantitative estimate of drug-likeness (QED) is 0.662. The van der Waals surface area contributed by atoms with Gasteiger partial charge in [-0.2, -0.15) is 0 Å². The van der Waals surface area contributed by atoms with Crippen molar-refractivity contribution >= 4 is 33.1 Å². The Hall–Kier alpha value is -2.58. The highest BCUT2D eigenvalue weighted by Gasteiger charge is 2.19. The molecule has 1 aliphatic heterocycles. The van der Waals surface area contributed by atoms with Crippen LogP contribution in [0.15, 0.2) is 30.7 Å². The van der Waals surface area contributed by atoms with Crippen LogP contribution in [0, 0.1) is 0 Å². The van der Waals surface area contributed by atoms with Crippen LogP contribution in [0.5, 0.6) is 0 Å². The zero-order valence-corrected chi connectivity index (χ0v) is 14.3. The summed E-state index contributed by atoms with van der Waals surface area (Å²) >= 11 is 1.46. The maximum absolute atomic E-state index is 11.8. The fraction of sp³-hybridized carbons (Fsp3) is 0.294. The Balaban J connectivity index is 1.79. The summed E-state index contributed by atoms with van der Waals surface area (Å²) in [7, 11) is 0. The summed E-state index contributed by atoms with van der Waals surface area (Å²) < 4.78 is 0.816. The van der Waals surface area contributed by atoms with Gasteiger partial charge in [0.25, 0.3) is 5.91 Å². The van der Waals surface area contributed by atoms with E-state index in [1.807, 2.05) is 6.07 Å². The summed E-state index contributed by atoms with van der Waals surface area (Å²) in [5, 5.41) is 7.76. The average Bonchev–Trinajstić information content (AvgIpc) is 3.09. The third-order valence-corrected chi connectivity index (χ3v) is 5.41. The van der Waals surface area contributed by atoms with Crippen molar-refractivity contribution in [3.8, 4) is 10.7 Å². The summed E-state index contributed by atoms with van der Waals surface area (Å²) in [6.07, 6.45) is 7.18. The van der Waals surface area contributed by atoms with Gasteiger partial charge in [0.1, 0.15) is 5.82 Å². The minimum Gasteiger partial charge on any atom is -0.366 e. The third-order valence-electron chi connectivity index (χ3n) is 4.24. The van der Waals surface area contributed by atoms with Gasteiger partial charge in [-0.15, -0.1) is 11.3 Å². The molecule has 4 rings (SSSR count). The highest BCUT2D eigenvalue weighted by Crippen LogP contribution is 2.37. The molecule has 25 heavy (non-hydrogen) atoms. The number of anilines is 1. The van der Waals surface area contributed by atoms with E-state index in [9.17, 15) is 4.79 Å². The second kappa shape index (κ2) is 6.73. The number of primary amides is 1. The Labute approximate surface area is 148 Å². The number of pyridine rings is 1. The van der Waals surface area contributed by atoms with Crippen molar-refractivity contribution in [2.45, 2.75) is 18.9 Å². The first kappa shape index (κ1) is 15.9. The molecule has 1 saturated heterocycles. The smallest absolute Gasteiger partial charge is 0.251 e. The van der Waals surface area contributed by atoms with Gasteiger partial charge < -0.3 is 16.4 Å². The number of nitrogens with one attached hydrogen (secondary N) is 2. The standard InChI is InChI=1S/C17H18N6OS/c18-15(24)12-9-22-16(23-10-3-1-4-19-8-10)11-7-13(25-14(11)12)17-20-5-2-6-21-17/h2,5-7,9-10,19H,1,3-4,8H2,(H2,18,24)(H,22,23)/t10-/m0/s1. The summed E-state index contributed by atoms with van der Waals surface area (Å²) in [5.74, 6) is 0.919. The Bertz CT molecular complexity index is 904. The lowest BCUT2D eigenvalue weighted by Gasteiger charge is -2.24. The van der Waals surface area contributed by atoms with Crippen LogP contribution in [-0.2, 0) is 0 Å². The van der Waals surface area contributed by atoms with E-state index in [4.69, 9.17) is 5.73 Å². The molecule has 7 nitrogen and oxygen atoms in total. The van der Waals surface area contributed by atoms with E-state index in [0.29, 0.717) is 17.4 Å². The maximum atomic E-state index is 11.8. The van der Waals surface area contributed by atoms with Gasteiger partial charge in [0.05, 0.1) is 15.1 Å². The van der Waals surface area contributed by atoms with Gasteiger partial charge in [-0.25, -0.2) is 15.0 Å². The normalized spacial score (nSPS) is 17.5. The fourth-order valence-corrected chi connectivity index (χ4v) is 4.14. The fourth-order valence-electron chi connectivity index (χ4n) is 3.02. The molecule has 1 amide bonds. The molecule has 3 aromatic heterocycles. The van der Waals surface area contributed by atoms with E-state index in [0.717, 1.165) is 46.7 Å². The molecule has 0 spiro atoms. The first-order valence-electron chi connectivity index (χ1n) is 8.19. The highest BCUT2D eigenvalue weighted by molar-refractivity contribution is 7.22. The van der Waals surface area contributed by atoms with Crippen LogP contribution >= 0.6 is 11.3 Å². The predicted octanol–water partition coefficient (Wildman–Crippen LogP) is 2.02. The topological polar surface area (TPSA) is 106 Å². The van der Waals surface area contributed by atoms with Gasteiger partial charge in [-0.1, -0.05) is 0 Å². The summed E-state index contributed by atoms with van der Waals surface area (Å²) in [5.41, 5.74) is 5.95. The molecule has 0 radical (unpaired) electrons. The monoisotopic (exact) mass is 354 g/mol. The number of nitrogens with two attached hydrogens (primary N) is 1. The number of aromatic nitrogens is 3. The first-order valence-corrected chi connectivity index (χ1v) is 9.01. The van der Waals surface area contributed by atoms with Crippen molar-refractivity contribution in [2.75, 3.05) is 18.4 Å². The summed E-state index contributed by atoms with van der Waals surface area (Å²) in [6, 6.07) is 4.07. The molecule has 3 aromatic rings. The van der Waals surface area contributed by atoms with Crippen molar-refractivity contribution < 1.29 is 4.79 Å². The zero-order valence-electron chi connectivity index (χ0n) is 13.5. The molecular weight excluding hydrogens is 336 g/mol. The second-order valence-electron chi connectivity index (χ2n) is 6.00. The van der Waals surface area contributed by atoms with E-state index in [2.05, 4.69) is 25.6 Å². The van der Waals surface area contributed by atoms with E-state index < -0.39 is 5.91 Å². The molecular formula is C17H18N6OS. The van der Waals surface area contributed by atoms with Crippen LogP contribution < -0.4 is 16.4 Å². The van der Waals surface area contributed by atoms with Crippen molar-refractivity contribution in [1.29, 1.82) is 0 Å². The lowest BCUT2D eigenvalue weighted by Crippen LogP contribution is -2.38. The summed E-state index contributed by atoms with van der Waals surface area (Å²) in [6.45, 7) is 1.95. The molecule has 0 unspecified atom stereocenters. The van der Waals surface area contributed by atoms with Crippen molar-refractivity contribution in [2.24, 2.45) is 5.73 Å². The van der Waals surface area contributed by atoms with E-state index in [1.165, 1.54) is 11.3 Å². The molecule has 0 saturated carbocycles. The highest BCUT2D eigenvalue weighted by atomic mass is 32.1. The van der Waals surface area contributed by atoms with Gasteiger partial charge in [-0.3, -0.25) is 4.79 Å². The number of fused-ring (bicyclic) bond motifs is 1. The van der Waals surface area contributed by atoms with Crippen LogP contribution in [-0.4, -0.2) is 40.0 Å². The number of carbonyl (C=O) groups excluding carboxylic acids is 1. The lowest BCUT2D eigenvalue weighted by atomic mass is 10.1. The molecule has 0 aliphatic carbocycles. The van der Waals surface area contributed by atoms with E-state index in [-0.39, 0.29) is 0 Å². The largest absolute Gasteiger partial charge is 0.366 e. The van der Waals surface area contributed by atoms with E-state index >= 15 is 0 Å².